The number of carboxylic acids is 1. The maximum Gasteiger partial charge on any atom is 0.407 e. The Kier molecular flexibility index (Phi) is 6.88. The average Bonchev–Trinajstić information content (AvgIpc) is 3.37. The summed E-state index contributed by atoms with van der Waals surface area (Å²) in [5.41, 5.74) is 3.23. The van der Waals surface area contributed by atoms with Gasteiger partial charge in [-0.1, -0.05) is 82.1 Å². The van der Waals surface area contributed by atoms with Crippen molar-refractivity contribution < 1.29 is 24.2 Å². The highest BCUT2D eigenvalue weighted by Crippen LogP contribution is 2.44. The zero-order chi connectivity index (χ0) is 25.2. The van der Waals surface area contributed by atoms with Gasteiger partial charge < -0.3 is 20.5 Å². The number of aliphatic carboxylic acids is 1. The summed E-state index contributed by atoms with van der Waals surface area (Å²) < 4.78 is 5.71. The van der Waals surface area contributed by atoms with Gasteiger partial charge in [-0.2, -0.15) is 0 Å². The molecule has 1 fully saturated rings. The van der Waals surface area contributed by atoms with Crippen LogP contribution in [0.15, 0.2) is 48.5 Å². The molecule has 7 nitrogen and oxygen atoms in total. The number of amides is 2. The van der Waals surface area contributed by atoms with Gasteiger partial charge in [0.15, 0.2) is 0 Å². The second-order valence-corrected chi connectivity index (χ2v) is 10.8. The van der Waals surface area contributed by atoms with E-state index in [1.165, 1.54) is 0 Å². The molecule has 35 heavy (non-hydrogen) atoms. The predicted molar refractivity (Wildman–Crippen MR) is 133 cm³/mol. The van der Waals surface area contributed by atoms with E-state index in [2.05, 4.69) is 34.9 Å². The first kappa shape index (κ1) is 24.8. The molecule has 2 aromatic rings. The zero-order valence-corrected chi connectivity index (χ0v) is 20.6. The number of alkyl carbamates (subject to hydrolysis) is 1. The maximum atomic E-state index is 12.9. The van der Waals surface area contributed by atoms with Crippen molar-refractivity contribution in [3.63, 3.8) is 0 Å². The highest BCUT2D eigenvalue weighted by Gasteiger charge is 2.40. The fourth-order valence-corrected chi connectivity index (χ4v) is 5.42. The summed E-state index contributed by atoms with van der Waals surface area (Å²) in [6.07, 6.45) is 2.55. The zero-order valence-electron chi connectivity index (χ0n) is 20.6. The van der Waals surface area contributed by atoms with E-state index < -0.39 is 29.1 Å². The molecular formula is C28H34N2O5. The van der Waals surface area contributed by atoms with Gasteiger partial charge in [-0.3, -0.25) is 4.79 Å². The van der Waals surface area contributed by atoms with Crippen molar-refractivity contribution in [2.24, 2.45) is 5.41 Å². The van der Waals surface area contributed by atoms with Gasteiger partial charge in [-0.25, -0.2) is 9.59 Å². The summed E-state index contributed by atoms with van der Waals surface area (Å²) in [7, 11) is 0. The molecular weight excluding hydrogens is 444 g/mol. The lowest BCUT2D eigenvalue weighted by molar-refractivity contribution is -0.145. The standard InChI is InChI=1S/C28H34N2O5/c1-27(2,3)24(25(32)33)29-23(31)16-28(14-8-9-15-28)30-26(34)35-17-22-20-12-6-4-10-18(20)19-11-5-7-13-21(19)22/h4-7,10-13,22,24H,8-9,14-17H2,1-3H3,(H,29,31)(H,30,34)(H,32,33). The fraction of sp³-hybridized carbons (Fsp3) is 0.464. The molecule has 0 saturated heterocycles. The number of carboxylic acid groups (broad SMARTS) is 1. The summed E-state index contributed by atoms with van der Waals surface area (Å²) in [5.74, 6) is -1.50. The van der Waals surface area contributed by atoms with Gasteiger partial charge in [0.05, 0.1) is 5.54 Å². The number of carbonyl (C=O) groups is 3. The van der Waals surface area contributed by atoms with Crippen LogP contribution in [0.25, 0.3) is 11.1 Å². The molecule has 0 aliphatic heterocycles. The van der Waals surface area contributed by atoms with Crippen LogP contribution < -0.4 is 10.6 Å². The number of rotatable bonds is 7. The minimum absolute atomic E-state index is 0.0249. The summed E-state index contributed by atoms with van der Waals surface area (Å²) >= 11 is 0. The Bertz CT molecular complexity index is 1070. The first-order valence-corrected chi connectivity index (χ1v) is 12.2. The SMILES string of the molecule is CC(C)(C)C(NC(=O)CC1(NC(=O)OCC2c3ccccc3-c3ccccc32)CCCC1)C(=O)O. The molecule has 2 aliphatic carbocycles. The minimum atomic E-state index is -1.07. The lowest BCUT2D eigenvalue weighted by atomic mass is 9.86. The van der Waals surface area contributed by atoms with Crippen molar-refractivity contribution in [1.29, 1.82) is 0 Å². The van der Waals surface area contributed by atoms with Crippen LogP contribution in [0.5, 0.6) is 0 Å². The number of hydrogen-bond donors (Lipinski definition) is 3. The quantitative estimate of drug-likeness (QED) is 0.528. The summed E-state index contributed by atoms with van der Waals surface area (Å²) in [5, 5.41) is 15.2. The third-order valence-corrected chi connectivity index (χ3v) is 7.19. The van der Waals surface area contributed by atoms with Crippen molar-refractivity contribution in [1.82, 2.24) is 10.6 Å². The van der Waals surface area contributed by atoms with Crippen molar-refractivity contribution in [2.45, 2.75) is 70.4 Å². The molecule has 0 spiro atoms. The van der Waals surface area contributed by atoms with E-state index in [0.717, 1.165) is 35.1 Å². The van der Waals surface area contributed by atoms with E-state index in [1.54, 1.807) is 20.8 Å². The van der Waals surface area contributed by atoms with Gasteiger partial charge in [0.2, 0.25) is 5.91 Å². The predicted octanol–water partition coefficient (Wildman–Crippen LogP) is 4.84. The van der Waals surface area contributed by atoms with Crippen LogP contribution in [-0.4, -0.2) is 41.3 Å². The summed E-state index contributed by atoms with van der Waals surface area (Å²) in [6.45, 7) is 5.51. The first-order chi connectivity index (χ1) is 16.6. The number of carbonyl (C=O) groups excluding carboxylic acids is 2. The molecule has 0 radical (unpaired) electrons. The molecule has 7 heteroatoms. The molecule has 1 unspecified atom stereocenters. The number of benzene rings is 2. The van der Waals surface area contributed by atoms with Gasteiger partial charge in [-0.05, 0) is 40.5 Å². The van der Waals surface area contributed by atoms with Gasteiger partial charge >= 0.3 is 12.1 Å². The second-order valence-electron chi connectivity index (χ2n) is 10.8. The lowest BCUT2D eigenvalue weighted by Gasteiger charge is -2.32. The molecule has 2 aromatic carbocycles. The van der Waals surface area contributed by atoms with Crippen LogP contribution in [0, 0.1) is 5.41 Å². The van der Waals surface area contributed by atoms with Gasteiger partial charge in [0, 0.05) is 12.3 Å². The van der Waals surface area contributed by atoms with E-state index >= 15 is 0 Å². The maximum absolute atomic E-state index is 12.9. The number of nitrogens with one attached hydrogen (secondary N) is 2. The van der Waals surface area contributed by atoms with E-state index in [1.807, 2.05) is 24.3 Å². The van der Waals surface area contributed by atoms with Gasteiger partial charge in [0.1, 0.15) is 12.6 Å². The molecule has 3 N–H and O–H groups in total. The Morgan fingerprint density at radius 1 is 1.00 bits per heavy atom. The smallest absolute Gasteiger partial charge is 0.407 e. The molecule has 4 rings (SSSR count). The molecule has 0 bridgehead atoms. The Balaban J connectivity index is 1.41. The van der Waals surface area contributed by atoms with Crippen molar-refractivity contribution in [3.8, 4) is 11.1 Å². The van der Waals surface area contributed by atoms with E-state index in [4.69, 9.17) is 4.74 Å². The molecule has 2 amide bonds. The van der Waals surface area contributed by atoms with Crippen LogP contribution >= 0.6 is 0 Å². The van der Waals surface area contributed by atoms with Crippen LogP contribution in [-0.2, 0) is 14.3 Å². The Morgan fingerprint density at radius 2 is 1.54 bits per heavy atom. The van der Waals surface area contributed by atoms with E-state index in [-0.39, 0.29) is 24.9 Å². The molecule has 0 aromatic heterocycles. The topological polar surface area (TPSA) is 105 Å². The minimum Gasteiger partial charge on any atom is -0.480 e. The summed E-state index contributed by atoms with van der Waals surface area (Å²) in [6, 6.07) is 15.3. The van der Waals surface area contributed by atoms with Crippen molar-refractivity contribution in [2.75, 3.05) is 6.61 Å². The average molecular weight is 479 g/mol. The number of ether oxygens (including phenoxy) is 1. The molecule has 1 atom stereocenters. The molecule has 186 valence electrons. The molecule has 1 saturated carbocycles. The highest BCUT2D eigenvalue weighted by atomic mass is 16.5. The number of fused-ring (bicyclic) bond motifs is 3. The van der Waals surface area contributed by atoms with Gasteiger partial charge in [0.25, 0.3) is 0 Å². The van der Waals surface area contributed by atoms with Crippen LogP contribution in [0.2, 0.25) is 0 Å². The van der Waals surface area contributed by atoms with E-state index in [0.29, 0.717) is 12.8 Å². The van der Waals surface area contributed by atoms with Gasteiger partial charge in [-0.15, -0.1) is 0 Å². The normalized spacial score (nSPS) is 17.2. The van der Waals surface area contributed by atoms with Crippen LogP contribution in [0.4, 0.5) is 4.79 Å². The number of hydrogen-bond acceptors (Lipinski definition) is 4. The first-order valence-electron chi connectivity index (χ1n) is 12.2. The Morgan fingerprint density at radius 3 is 2.06 bits per heavy atom. The summed E-state index contributed by atoms with van der Waals surface area (Å²) in [4.78, 5) is 37.4. The lowest BCUT2D eigenvalue weighted by Crippen LogP contribution is -2.54. The Labute approximate surface area is 206 Å². The van der Waals surface area contributed by atoms with Crippen LogP contribution in [0.1, 0.15) is 69.9 Å². The van der Waals surface area contributed by atoms with Crippen molar-refractivity contribution >= 4 is 18.0 Å². The largest absolute Gasteiger partial charge is 0.480 e. The Hall–Kier alpha value is -3.35. The van der Waals surface area contributed by atoms with E-state index in [9.17, 15) is 19.5 Å². The van der Waals surface area contributed by atoms with Crippen LogP contribution in [0.3, 0.4) is 0 Å². The fourth-order valence-electron chi connectivity index (χ4n) is 5.42. The van der Waals surface area contributed by atoms with Crippen molar-refractivity contribution in [3.05, 3.63) is 59.7 Å². The second kappa shape index (κ2) is 9.72. The third-order valence-electron chi connectivity index (χ3n) is 7.19. The third kappa shape index (κ3) is 5.34. The molecule has 0 heterocycles. The highest BCUT2D eigenvalue weighted by molar-refractivity contribution is 5.85. The monoisotopic (exact) mass is 478 g/mol. The molecule has 2 aliphatic rings.